The van der Waals surface area contributed by atoms with E-state index in [-0.39, 0.29) is 0 Å². The van der Waals surface area contributed by atoms with Crippen molar-refractivity contribution in [2.75, 3.05) is 13.1 Å². The van der Waals surface area contributed by atoms with E-state index in [4.69, 9.17) is 4.98 Å². The van der Waals surface area contributed by atoms with Crippen LogP contribution in [0.4, 0.5) is 0 Å². The van der Waals surface area contributed by atoms with Crippen LogP contribution in [0.3, 0.4) is 0 Å². The topological polar surface area (TPSA) is 46.8 Å². The van der Waals surface area contributed by atoms with Gasteiger partial charge in [0.15, 0.2) is 0 Å². The number of hydrogen-bond donors (Lipinski definition) is 0. The van der Waals surface area contributed by atoms with Gasteiger partial charge >= 0.3 is 0 Å². The van der Waals surface area contributed by atoms with Crippen molar-refractivity contribution in [1.82, 2.24) is 24.6 Å². The van der Waals surface area contributed by atoms with Crippen molar-refractivity contribution in [3.8, 4) is 11.4 Å². The number of nitrogens with zero attached hydrogens (tertiary/aromatic N) is 5. The molecule has 1 atom stereocenters. The van der Waals surface area contributed by atoms with E-state index in [1.807, 2.05) is 29.3 Å². The lowest BCUT2D eigenvalue weighted by atomic mass is 9.93. The molecule has 2 aromatic rings. The van der Waals surface area contributed by atoms with Crippen molar-refractivity contribution < 1.29 is 0 Å². The van der Waals surface area contributed by atoms with Gasteiger partial charge in [0.1, 0.15) is 5.69 Å². The minimum absolute atomic E-state index is 0.318. The monoisotopic (exact) mass is 327 g/mol. The van der Waals surface area contributed by atoms with Gasteiger partial charge in [-0.3, -0.25) is 9.67 Å². The van der Waals surface area contributed by atoms with E-state index < -0.39 is 0 Å². The number of likely N-dealkylation sites (tertiary alicyclic amines) is 1. The summed E-state index contributed by atoms with van der Waals surface area (Å²) in [6.45, 7) is 11.2. The number of rotatable bonds is 5. The molecule has 0 aliphatic carbocycles. The van der Waals surface area contributed by atoms with Gasteiger partial charge in [-0.2, -0.15) is 5.10 Å². The first-order valence-corrected chi connectivity index (χ1v) is 9.13. The van der Waals surface area contributed by atoms with Crippen molar-refractivity contribution in [3.63, 3.8) is 0 Å². The minimum atomic E-state index is 0.318. The van der Waals surface area contributed by atoms with Gasteiger partial charge < -0.3 is 4.90 Å². The molecule has 0 amide bonds. The highest BCUT2D eigenvalue weighted by Crippen LogP contribution is 2.23. The molecule has 0 radical (unpaired) electrons. The van der Waals surface area contributed by atoms with Gasteiger partial charge in [-0.15, -0.1) is 0 Å². The molecule has 1 aliphatic rings. The fourth-order valence-corrected chi connectivity index (χ4v) is 3.59. The zero-order valence-electron chi connectivity index (χ0n) is 15.3. The van der Waals surface area contributed by atoms with Crippen LogP contribution < -0.4 is 0 Å². The van der Waals surface area contributed by atoms with E-state index in [1.54, 1.807) is 0 Å². The Morgan fingerprint density at radius 2 is 2.00 bits per heavy atom. The average molecular weight is 327 g/mol. The van der Waals surface area contributed by atoms with E-state index >= 15 is 0 Å². The molecule has 0 saturated carbocycles. The molecule has 3 heterocycles. The van der Waals surface area contributed by atoms with E-state index in [9.17, 15) is 0 Å². The second-order valence-corrected chi connectivity index (χ2v) is 7.45. The Morgan fingerprint density at radius 1 is 1.17 bits per heavy atom. The molecule has 5 heteroatoms. The van der Waals surface area contributed by atoms with Gasteiger partial charge in [0.05, 0.1) is 17.6 Å². The summed E-state index contributed by atoms with van der Waals surface area (Å²) in [4.78, 5) is 11.9. The van der Waals surface area contributed by atoms with Crippen molar-refractivity contribution in [2.24, 2.45) is 5.92 Å². The van der Waals surface area contributed by atoms with Crippen LogP contribution in [0.5, 0.6) is 0 Å². The maximum atomic E-state index is 4.88. The van der Waals surface area contributed by atoms with Crippen molar-refractivity contribution >= 4 is 0 Å². The lowest BCUT2D eigenvalue weighted by Gasteiger charge is -2.35. The van der Waals surface area contributed by atoms with E-state index in [0.717, 1.165) is 23.5 Å². The Balaban J connectivity index is 1.75. The summed E-state index contributed by atoms with van der Waals surface area (Å²) in [7, 11) is 0. The second-order valence-electron chi connectivity index (χ2n) is 7.45. The van der Waals surface area contributed by atoms with Crippen LogP contribution in [-0.4, -0.2) is 43.8 Å². The molecule has 2 aromatic heterocycles. The average Bonchev–Trinajstić information content (AvgIpc) is 3.05. The third-order valence-corrected chi connectivity index (χ3v) is 4.88. The van der Waals surface area contributed by atoms with Crippen LogP contribution in [-0.2, 0) is 6.42 Å². The molecule has 0 N–H and O–H groups in total. The predicted molar refractivity (Wildman–Crippen MR) is 96.8 cm³/mol. The van der Waals surface area contributed by atoms with Gasteiger partial charge in [0.2, 0.25) is 0 Å². The molecular formula is C19H29N5. The summed E-state index contributed by atoms with van der Waals surface area (Å²) >= 11 is 0. The van der Waals surface area contributed by atoms with Crippen LogP contribution in [0.2, 0.25) is 0 Å². The van der Waals surface area contributed by atoms with Crippen molar-refractivity contribution in [3.05, 3.63) is 30.4 Å². The second kappa shape index (κ2) is 7.43. The molecule has 0 bridgehead atoms. The lowest BCUT2D eigenvalue weighted by Crippen LogP contribution is -2.40. The van der Waals surface area contributed by atoms with Crippen LogP contribution in [0.25, 0.3) is 11.4 Å². The summed E-state index contributed by atoms with van der Waals surface area (Å²) < 4.78 is 2.01. The Labute approximate surface area is 145 Å². The predicted octanol–water partition coefficient (Wildman–Crippen LogP) is 3.58. The van der Waals surface area contributed by atoms with Gasteiger partial charge in [-0.25, -0.2) is 4.98 Å². The number of hydrogen-bond acceptors (Lipinski definition) is 4. The molecule has 0 unspecified atom stereocenters. The summed E-state index contributed by atoms with van der Waals surface area (Å²) in [6, 6.07) is 2.97. The van der Waals surface area contributed by atoms with Gasteiger partial charge in [0, 0.05) is 31.0 Å². The van der Waals surface area contributed by atoms with Crippen LogP contribution in [0.1, 0.15) is 52.3 Å². The molecule has 1 fully saturated rings. The fourth-order valence-electron chi connectivity index (χ4n) is 3.59. The lowest BCUT2D eigenvalue weighted by molar-refractivity contribution is 0.139. The van der Waals surface area contributed by atoms with Crippen LogP contribution in [0.15, 0.2) is 24.7 Å². The van der Waals surface area contributed by atoms with Crippen molar-refractivity contribution in [1.29, 1.82) is 0 Å². The van der Waals surface area contributed by atoms with Crippen LogP contribution >= 0.6 is 0 Å². The summed E-state index contributed by atoms with van der Waals surface area (Å²) in [5, 5.41) is 4.41. The SMILES string of the molecule is CC(C)N1CCC[C@@H](Cc2cncc(-c3ccnn3C(C)C)n2)C1. The zero-order chi connectivity index (χ0) is 17.1. The largest absolute Gasteiger partial charge is 0.301 e. The van der Waals surface area contributed by atoms with Crippen LogP contribution in [0, 0.1) is 5.92 Å². The standard InChI is InChI=1S/C19H29N5/c1-14(2)23-9-5-6-16(13-23)10-17-11-20-12-18(22-17)19-7-8-21-24(19)15(3)4/h7-8,11-12,14-16H,5-6,9-10,13H2,1-4H3/t16-/m0/s1. The first-order valence-electron chi connectivity index (χ1n) is 9.13. The Kier molecular flexibility index (Phi) is 5.29. The van der Waals surface area contributed by atoms with Gasteiger partial charge in [-0.1, -0.05) is 0 Å². The first-order chi connectivity index (χ1) is 11.5. The molecular weight excluding hydrogens is 298 g/mol. The van der Waals surface area contributed by atoms with E-state index in [1.165, 1.54) is 25.9 Å². The summed E-state index contributed by atoms with van der Waals surface area (Å²) in [6.07, 6.45) is 9.20. The molecule has 130 valence electrons. The molecule has 0 spiro atoms. The molecule has 24 heavy (non-hydrogen) atoms. The summed E-state index contributed by atoms with van der Waals surface area (Å²) in [5.41, 5.74) is 3.07. The maximum Gasteiger partial charge on any atom is 0.107 e. The Bertz CT molecular complexity index is 661. The molecule has 1 saturated heterocycles. The molecule has 1 aliphatic heterocycles. The van der Waals surface area contributed by atoms with E-state index in [2.05, 4.69) is 42.7 Å². The Morgan fingerprint density at radius 3 is 2.75 bits per heavy atom. The highest BCUT2D eigenvalue weighted by atomic mass is 15.3. The van der Waals surface area contributed by atoms with Gasteiger partial charge in [0.25, 0.3) is 0 Å². The number of aromatic nitrogens is 4. The third kappa shape index (κ3) is 3.83. The smallest absolute Gasteiger partial charge is 0.107 e. The highest BCUT2D eigenvalue weighted by molar-refractivity contribution is 5.53. The third-order valence-electron chi connectivity index (χ3n) is 4.88. The maximum absolute atomic E-state index is 4.88. The number of piperidine rings is 1. The summed E-state index contributed by atoms with van der Waals surface area (Å²) in [5.74, 6) is 0.681. The first kappa shape index (κ1) is 17.1. The molecule has 5 nitrogen and oxygen atoms in total. The van der Waals surface area contributed by atoms with Gasteiger partial charge in [-0.05, 0) is 65.5 Å². The quantitative estimate of drug-likeness (QED) is 0.842. The zero-order valence-corrected chi connectivity index (χ0v) is 15.3. The van der Waals surface area contributed by atoms with Crippen molar-refractivity contribution in [2.45, 2.75) is 59.0 Å². The highest BCUT2D eigenvalue weighted by Gasteiger charge is 2.22. The fraction of sp³-hybridized carbons (Fsp3) is 0.632. The molecule has 3 rings (SSSR count). The minimum Gasteiger partial charge on any atom is -0.301 e. The van der Waals surface area contributed by atoms with E-state index in [0.29, 0.717) is 18.0 Å². The molecule has 0 aromatic carbocycles. The normalized spacial score (nSPS) is 19.3. The Hall–Kier alpha value is -1.75.